The van der Waals surface area contributed by atoms with Crippen LogP contribution in [0.1, 0.15) is 76.3 Å². The molecule has 0 saturated heterocycles. The number of aryl methyl sites for hydroxylation is 1. The van der Waals surface area contributed by atoms with Crippen molar-refractivity contribution in [3.63, 3.8) is 0 Å². The van der Waals surface area contributed by atoms with Crippen LogP contribution in [0.2, 0.25) is 0 Å². The second-order valence-electron chi connectivity index (χ2n) is 12.3. The van der Waals surface area contributed by atoms with Crippen LogP contribution in [0.4, 0.5) is 0 Å². The molecule has 0 aliphatic heterocycles. The standard InChI is InChI=1S/C40H48O5/c1-5-6-7-8-30-9-10-38-26-37(20-19-36(38)25-30)34-17-15-32(16-18-34)31-11-13-33(14-12-31)35(21-23-44-39(42)28(2)3)22-24-45-40(43)29(4)27-41/h9-11,15-20,25-26,33,35,41H,2,4-8,12-14,21-24,27H2,1,3H3. The molecule has 0 heterocycles. The summed E-state index contributed by atoms with van der Waals surface area (Å²) in [7, 11) is 0. The fraction of sp³-hybridized carbons (Fsp3) is 0.400. The summed E-state index contributed by atoms with van der Waals surface area (Å²) in [5.41, 5.74) is 6.88. The Balaban J connectivity index is 1.38. The first-order valence-electron chi connectivity index (χ1n) is 16.4. The van der Waals surface area contributed by atoms with Gasteiger partial charge in [-0.25, -0.2) is 9.59 Å². The van der Waals surface area contributed by atoms with Gasteiger partial charge >= 0.3 is 11.9 Å². The third-order valence-corrected chi connectivity index (χ3v) is 8.95. The van der Waals surface area contributed by atoms with Gasteiger partial charge in [0.1, 0.15) is 0 Å². The molecule has 5 nitrogen and oxygen atoms in total. The molecule has 0 radical (unpaired) electrons. The summed E-state index contributed by atoms with van der Waals surface area (Å²) in [4.78, 5) is 23.9. The quantitative estimate of drug-likeness (QED) is 0.0998. The zero-order chi connectivity index (χ0) is 32.2. The third kappa shape index (κ3) is 9.76. The van der Waals surface area contributed by atoms with Crippen LogP contribution in [-0.2, 0) is 25.5 Å². The highest BCUT2D eigenvalue weighted by Crippen LogP contribution is 2.37. The summed E-state index contributed by atoms with van der Waals surface area (Å²) in [6.07, 6.45) is 11.5. The maximum absolute atomic E-state index is 12.0. The molecule has 3 aromatic carbocycles. The minimum absolute atomic E-state index is 0.0468. The van der Waals surface area contributed by atoms with E-state index in [2.05, 4.69) is 86.8 Å². The topological polar surface area (TPSA) is 72.8 Å². The minimum Gasteiger partial charge on any atom is -0.462 e. The Morgan fingerprint density at radius 2 is 1.51 bits per heavy atom. The van der Waals surface area contributed by atoms with Gasteiger partial charge in [0.25, 0.3) is 0 Å². The van der Waals surface area contributed by atoms with Gasteiger partial charge in [-0.1, -0.05) is 93.6 Å². The number of carbonyl (C=O) groups excluding carboxylic acids is 2. The molecule has 45 heavy (non-hydrogen) atoms. The van der Waals surface area contributed by atoms with E-state index in [1.165, 1.54) is 57.9 Å². The zero-order valence-electron chi connectivity index (χ0n) is 27.0. The summed E-state index contributed by atoms with van der Waals surface area (Å²) in [6.45, 7) is 11.2. The van der Waals surface area contributed by atoms with E-state index in [4.69, 9.17) is 14.6 Å². The number of benzene rings is 3. The van der Waals surface area contributed by atoms with Gasteiger partial charge in [0.2, 0.25) is 0 Å². The van der Waals surface area contributed by atoms with Gasteiger partial charge in [-0.05, 0) is 108 Å². The number of hydrogen-bond donors (Lipinski definition) is 1. The van der Waals surface area contributed by atoms with Crippen molar-refractivity contribution in [3.05, 3.63) is 102 Å². The predicted octanol–water partition coefficient (Wildman–Crippen LogP) is 9.03. The predicted molar refractivity (Wildman–Crippen MR) is 184 cm³/mol. The van der Waals surface area contributed by atoms with Crippen molar-refractivity contribution in [1.29, 1.82) is 0 Å². The maximum atomic E-state index is 12.0. The molecule has 238 valence electrons. The Kier molecular flexibility index (Phi) is 12.8. The van der Waals surface area contributed by atoms with Crippen molar-refractivity contribution in [2.75, 3.05) is 19.8 Å². The third-order valence-electron chi connectivity index (χ3n) is 8.95. The molecule has 0 spiro atoms. The van der Waals surface area contributed by atoms with E-state index in [0.29, 0.717) is 30.9 Å². The molecule has 5 heteroatoms. The normalized spacial score (nSPS) is 15.3. The monoisotopic (exact) mass is 608 g/mol. The first-order valence-corrected chi connectivity index (χ1v) is 16.4. The summed E-state index contributed by atoms with van der Waals surface area (Å²) in [6, 6.07) is 22.5. The van der Waals surface area contributed by atoms with E-state index < -0.39 is 12.6 Å². The van der Waals surface area contributed by atoms with Gasteiger partial charge in [-0.3, -0.25) is 0 Å². The number of aliphatic hydroxyl groups is 1. The van der Waals surface area contributed by atoms with E-state index in [9.17, 15) is 9.59 Å². The number of allylic oxidation sites excluding steroid dienone is 2. The molecule has 0 aromatic heterocycles. The maximum Gasteiger partial charge on any atom is 0.335 e. The molecule has 4 rings (SSSR count). The number of hydrogen-bond acceptors (Lipinski definition) is 5. The second-order valence-corrected chi connectivity index (χ2v) is 12.3. The zero-order valence-corrected chi connectivity index (χ0v) is 27.0. The molecule has 3 aromatic rings. The first-order chi connectivity index (χ1) is 21.8. The van der Waals surface area contributed by atoms with Crippen LogP contribution < -0.4 is 0 Å². The molecule has 2 unspecified atom stereocenters. The van der Waals surface area contributed by atoms with Gasteiger partial charge in [0.15, 0.2) is 0 Å². The van der Waals surface area contributed by atoms with Crippen LogP contribution in [0.15, 0.2) is 91.0 Å². The van der Waals surface area contributed by atoms with Crippen molar-refractivity contribution in [1.82, 2.24) is 0 Å². The minimum atomic E-state index is -0.574. The van der Waals surface area contributed by atoms with E-state index in [1.54, 1.807) is 6.92 Å². The summed E-state index contributed by atoms with van der Waals surface area (Å²) >= 11 is 0. The molecular formula is C40H48O5. The Morgan fingerprint density at radius 1 is 0.867 bits per heavy atom. The lowest BCUT2D eigenvalue weighted by Crippen LogP contribution is -2.22. The fourth-order valence-corrected chi connectivity index (χ4v) is 6.14. The number of rotatable bonds is 16. The average molecular weight is 609 g/mol. The van der Waals surface area contributed by atoms with Crippen LogP contribution in [0, 0.1) is 11.8 Å². The molecule has 0 amide bonds. The number of ether oxygens (including phenoxy) is 2. The van der Waals surface area contributed by atoms with Crippen molar-refractivity contribution in [3.8, 4) is 11.1 Å². The van der Waals surface area contributed by atoms with Gasteiger partial charge < -0.3 is 14.6 Å². The summed E-state index contributed by atoms with van der Waals surface area (Å²) in [5, 5.41) is 11.7. The fourth-order valence-electron chi connectivity index (χ4n) is 6.14. The van der Waals surface area contributed by atoms with E-state index in [1.807, 2.05) is 0 Å². The summed E-state index contributed by atoms with van der Waals surface area (Å²) in [5.74, 6) is -0.348. The van der Waals surface area contributed by atoms with Gasteiger partial charge in [0.05, 0.1) is 25.4 Å². The van der Waals surface area contributed by atoms with E-state index in [-0.39, 0.29) is 24.1 Å². The number of carbonyl (C=O) groups is 2. The highest BCUT2D eigenvalue weighted by Gasteiger charge is 2.25. The second kappa shape index (κ2) is 16.9. The summed E-state index contributed by atoms with van der Waals surface area (Å²) < 4.78 is 10.7. The number of unbranched alkanes of at least 4 members (excludes halogenated alkanes) is 2. The lowest BCUT2D eigenvalue weighted by atomic mass is 9.77. The van der Waals surface area contributed by atoms with Gasteiger partial charge in [-0.2, -0.15) is 0 Å². The SMILES string of the molecule is C=C(C)C(=O)OCCC(CCOC(=O)C(=C)CO)C1CC=C(c2ccc(-c3ccc4cc(CCCCC)ccc4c3)cc2)CC1. The highest BCUT2D eigenvalue weighted by molar-refractivity contribution is 5.89. The van der Waals surface area contributed by atoms with Crippen LogP contribution >= 0.6 is 0 Å². The Morgan fingerprint density at radius 3 is 2.16 bits per heavy atom. The Labute approximate surface area is 268 Å². The van der Waals surface area contributed by atoms with Crippen LogP contribution in [0.3, 0.4) is 0 Å². The lowest BCUT2D eigenvalue weighted by molar-refractivity contribution is -0.140. The van der Waals surface area contributed by atoms with Gasteiger partial charge in [-0.15, -0.1) is 0 Å². The number of fused-ring (bicyclic) bond motifs is 1. The van der Waals surface area contributed by atoms with Crippen molar-refractivity contribution in [2.24, 2.45) is 11.8 Å². The molecule has 0 fully saturated rings. The molecule has 2 atom stereocenters. The molecule has 1 aliphatic rings. The van der Waals surface area contributed by atoms with Crippen molar-refractivity contribution >= 4 is 28.3 Å². The number of aliphatic hydroxyl groups excluding tert-OH is 1. The van der Waals surface area contributed by atoms with E-state index in [0.717, 1.165) is 25.7 Å². The average Bonchev–Trinajstić information content (AvgIpc) is 3.07. The lowest BCUT2D eigenvalue weighted by Gasteiger charge is -2.30. The van der Waals surface area contributed by atoms with Crippen LogP contribution in [-0.4, -0.2) is 36.9 Å². The molecular weight excluding hydrogens is 560 g/mol. The number of esters is 2. The highest BCUT2D eigenvalue weighted by atomic mass is 16.5. The van der Waals surface area contributed by atoms with Crippen molar-refractivity contribution in [2.45, 2.75) is 71.6 Å². The molecule has 1 N–H and O–H groups in total. The van der Waals surface area contributed by atoms with Gasteiger partial charge in [0, 0.05) is 5.57 Å². The van der Waals surface area contributed by atoms with Crippen molar-refractivity contribution < 1.29 is 24.2 Å². The Hall–Kier alpha value is -3.96. The Bertz CT molecular complexity index is 1510. The molecule has 0 saturated carbocycles. The molecule has 0 bridgehead atoms. The first kappa shape index (κ1) is 33.9. The largest absolute Gasteiger partial charge is 0.462 e. The molecule has 1 aliphatic carbocycles. The van der Waals surface area contributed by atoms with Crippen LogP contribution in [0.25, 0.3) is 27.5 Å². The van der Waals surface area contributed by atoms with E-state index >= 15 is 0 Å². The smallest absolute Gasteiger partial charge is 0.335 e. The van der Waals surface area contributed by atoms with Crippen LogP contribution in [0.5, 0.6) is 0 Å².